The summed E-state index contributed by atoms with van der Waals surface area (Å²) in [7, 11) is 0. The second-order valence-corrected chi connectivity index (χ2v) is 12.2. The standard InChI is InChI=1S/C34H37IN3S/c1-4-36(22-35)17-13-28-21-31-30(24(3)34(28)39)14-18-38-29(11-9-23(2)32(31)38)12-10-25-19-26-7-5-15-37-16-6-8-27(20-25)33(26)37/h4,9-12,19-22H,1,5-8,13-18H2,2-3H3/q+1/p+1/b12-10+,36-22?. The van der Waals surface area contributed by atoms with Crippen molar-refractivity contribution < 1.29 is 9.14 Å². The van der Waals surface area contributed by atoms with Crippen molar-refractivity contribution in [3.05, 3.63) is 87.7 Å². The number of nitrogens with zero attached hydrogens (tertiary/aromatic N) is 3. The van der Waals surface area contributed by atoms with Crippen molar-refractivity contribution in [2.45, 2.75) is 63.8 Å². The minimum Gasteiger partial charge on any atom is -0.371 e. The largest absolute Gasteiger partial charge is 0.371 e. The zero-order valence-corrected chi connectivity index (χ0v) is 26.2. The Bertz CT molecular complexity index is 1500. The second-order valence-electron chi connectivity index (χ2n) is 11.2. The van der Waals surface area contributed by atoms with E-state index in [-0.39, 0.29) is 0 Å². The van der Waals surface area contributed by atoms with E-state index < -0.39 is 0 Å². The lowest BCUT2D eigenvalue weighted by Gasteiger charge is -2.37. The second kappa shape index (κ2) is 11.2. The number of pyridine rings is 1. The molecule has 1 aromatic heterocycles. The average Bonchev–Trinajstić information content (AvgIpc) is 2.95. The van der Waals surface area contributed by atoms with Crippen LogP contribution in [0.4, 0.5) is 5.69 Å². The van der Waals surface area contributed by atoms with Gasteiger partial charge in [0, 0.05) is 76.8 Å². The molecule has 5 heteroatoms. The van der Waals surface area contributed by atoms with Crippen molar-refractivity contribution in [1.29, 1.82) is 0 Å². The predicted octanol–water partition coefficient (Wildman–Crippen LogP) is 7.13. The van der Waals surface area contributed by atoms with Crippen LogP contribution in [-0.4, -0.2) is 28.4 Å². The molecule has 0 spiro atoms. The number of thiol groups is 1. The summed E-state index contributed by atoms with van der Waals surface area (Å²) in [4.78, 5) is 3.76. The quantitative estimate of drug-likeness (QED) is 0.130. The molecule has 200 valence electrons. The van der Waals surface area contributed by atoms with E-state index in [0.29, 0.717) is 0 Å². The number of rotatable bonds is 6. The Morgan fingerprint density at radius 2 is 1.79 bits per heavy atom. The van der Waals surface area contributed by atoms with Gasteiger partial charge < -0.3 is 4.90 Å². The molecule has 0 atom stereocenters. The van der Waals surface area contributed by atoms with Crippen LogP contribution in [0.2, 0.25) is 0 Å². The molecule has 0 radical (unpaired) electrons. The smallest absolute Gasteiger partial charge is 0.216 e. The van der Waals surface area contributed by atoms with E-state index in [1.165, 1.54) is 83.5 Å². The molecule has 3 nitrogen and oxygen atoms in total. The van der Waals surface area contributed by atoms with Gasteiger partial charge in [0.1, 0.15) is 0 Å². The topological polar surface area (TPSA) is 10.1 Å². The summed E-state index contributed by atoms with van der Waals surface area (Å²) in [5, 5.41) is 0. The first kappa shape index (κ1) is 26.8. The number of hydrogen-bond donors (Lipinski definition) is 1. The molecule has 0 fully saturated rings. The van der Waals surface area contributed by atoms with Gasteiger partial charge in [0.15, 0.2) is 19.3 Å². The lowest BCUT2D eigenvalue weighted by molar-refractivity contribution is -0.689. The lowest BCUT2D eigenvalue weighted by Crippen LogP contribution is -2.44. The molecule has 39 heavy (non-hydrogen) atoms. The fraction of sp³-hybridized carbons (Fsp3) is 0.353. The van der Waals surface area contributed by atoms with E-state index in [1.54, 1.807) is 16.8 Å². The lowest BCUT2D eigenvalue weighted by atomic mass is 9.88. The van der Waals surface area contributed by atoms with Crippen LogP contribution in [-0.2, 0) is 32.2 Å². The summed E-state index contributed by atoms with van der Waals surface area (Å²) < 4.78 is 6.72. The first-order chi connectivity index (χ1) is 19.0. The summed E-state index contributed by atoms with van der Waals surface area (Å²) in [5.74, 6) is 0. The van der Waals surface area contributed by atoms with Crippen LogP contribution in [0.25, 0.3) is 23.4 Å². The summed E-state index contributed by atoms with van der Waals surface area (Å²) >= 11 is 7.26. The van der Waals surface area contributed by atoms with Gasteiger partial charge in [-0.1, -0.05) is 0 Å². The molecule has 0 N–H and O–H groups in total. The van der Waals surface area contributed by atoms with Crippen LogP contribution in [0, 0.1) is 13.8 Å². The van der Waals surface area contributed by atoms with Crippen molar-refractivity contribution in [3.63, 3.8) is 0 Å². The molecule has 3 aliphatic rings. The number of benzene rings is 2. The Morgan fingerprint density at radius 3 is 2.49 bits per heavy atom. The van der Waals surface area contributed by atoms with Gasteiger partial charge in [0.2, 0.25) is 15.6 Å². The maximum absolute atomic E-state index is 4.98. The minimum absolute atomic E-state index is 0.903. The van der Waals surface area contributed by atoms with Gasteiger partial charge in [-0.2, -0.15) is 4.57 Å². The fourth-order valence-electron chi connectivity index (χ4n) is 6.87. The van der Waals surface area contributed by atoms with Crippen molar-refractivity contribution in [3.8, 4) is 11.3 Å². The SMILES string of the molecule is C=C[N+](=CI)CCc1cc2c(c(C)c1S)CC[n+]1c(/C=C/c3cc4c5c(c3)CCCN5CCC4)ccc(C)c1-2. The third kappa shape index (κ3) is 5.01. The number of aryl methyl sites for hydroxylation is 3. The first-order valence-electron chi connectivity index (χ1n) is 14.3. The zero-order valence-electron chi connectivity index (χ0n) is 23.1. The van der Waals surface area contributed by atoms with Crippen LogP contribution in [0.15, 0.2) is 48.0 Å². The van der Waals surface area contributed by atoms with Gasteiger partial charge >= 0.3 is 0 Å². The Balaban J connectivity index is 1.37. The van der Waals surface area contributed by atoms with E-state index in [2.05, 4.69) is 104 Å². The normalized spacial score (nSPS) is 16.2. The van der Waals surface area contributed by atoms with Gasteiger partial charge in [-0.3, -0.25) is 0 Å². The molecular formula is C34H38IN3S+2. The average molecular weight is 648 g/mol. The summed E-state index contributed by atoms with van der Waals surface area (Å²) in [6.07, 6.45) is 13.5. The number of anilines is 1. The molecular weight excluding hydrogens is 609 g/mol. The number of hydrogen-bond acceptors (Lipinski definition) is 2. The van der Waals surface area contributed by atoms with Gasteiger partial charge in [0.05, 0.1) is 5.56 Å². The Labute approximate surface area is 252 Å². The van der Waals surface area contributed by atoms with Crippen LogP contribution >= 0.6 is 35.2 Å². The first-order valence-corrected chi connectivity index (χ1v) is 16.0. The Morgan fingerprint density at radius 1 is 1.05 bits per heavy atom. The van der Waals surface area contributed by atoms with Gasteiger partial charge in [-0.15, -0.1) is 12.6 Å². The Kier molecular flexibility index (Phi) is 7.73. The molecule has 2 aromatic carbocycles. The van der Waals surface area contributed by atoms with E-state index in [1.807, 2.05) is 6.20 Å². The van der Waals surface area contributed by atoms with Crippen molar-refractivity contribution in [1.82, 2.24) is 0 Å². The predicted molar refractivity (Wildman–Crippen MR) is 176 cm³/mol. The number of halogens is 1. The summed E-state index contributed by atoms with van der Waals surface area (Å²) in [6.45, 7) is 12.8. The Hall–Kier alpha value is -2.38. The highest BCUT2D eigenvalue weighted by atomic mass is 127. The van der Waals surface area contributed by atoms with E-state index in [4.69, 9.17) is 12.6 Å². The fourth-order valence-corrected chi connectivity index (χ4v) is 7.68. The third-order valence-electron chi connectivity index (χ3n) is 8.86. The molecule has 3 aliphatic heterocycles. The highest BCUT2D eigenvalue weighted by molar-refractivity contribution is 14.1. The van der Waals surface area contributed by atoms with Gasteiger partial charge in [0.25, 0.3) is 0 Å². The molecule has 4 heterocycles. The highest BCUT2D eigenvalue weighted by Gasteiger charge is 2.30. The molecule has 0 saturated carbocycles. The summed E-state index contributed by atoms with van der Waals surface area (Å²) in [5.41, 5.74) is 15.4. The number of fused-ring (bicyclic) bond motifs is 3. The molecule has 0 bridgehead atoms. The maximum Gasteiger partial charge on any atom is 0.216 e. The molecule has 0 saturated heterocycles. The van der Waals surface area contributed by atoms with Crippen molar-refractivity contribution in [2.24, 2.45) is 0 Å². The van der Waals surface area contributed by atoms with Crippen LogP contribution < -0.4 is 9.47 Å². The van der Waals surface area contributed by atoms with Gasteiger partial charge in [-0.25, -0.2) is 4.58 Å². The van der Waals surface area contributed by atoms with Crippen molar-refractivity contribution in [2.75, 3.05) is 24.5 Å². The summed E-state index contributed by atoms with van der Waals surface area (Å²) in [6, 6.07) is 11.9. The molecule has 0 unspecified atom stereocenters. The van der Waals surface area contributed by atoms with E-state index in [0.717, 1.165) is 30.8 Å². The van der Waals surface area contributed by atoms with E-state index in [9.17, 15) is 0 Å². The van der Waals surface area contributed by atoms with Gasteiger partial charge in [-0.05, 0) is 110 Å². The monoisotopic (exact) mass is 647 g/mol. The molecule has 0 amide bonds. The zero-order chi connectivity index (χ0) is 27.1. The minimum atomic E-state index is 0.903. The third-order valence-corrected chi connectivity index (χ3v) is 10.2. The number of aromatic nitrogens is 1. The van der Waals surface area contributed by atoms with Crippen LogP contribution in [0.1, 0.15) is 57.5 Å². The molecule has 0 aliphatic carbocycles. The van der Waals surface area contributed by atoms with E-state index >= 15 is 0 Å². The highest BCUT2D eigenvalue weighted by Crippen LogP contribution is 2.38. The maximum atomic E-state index is 4.98. The molecule has 6 rings (SSSR count). The van der Waals surface area contributed by atoms with Crippen LogP contribution in [0.3, 0.4) is 0 Å². The van der Waals surface area contributed by atoms with Crippen LogP contribution in [0.5, 0.6) is 0 Å². The van der Waals surface area contributed by atoms with Crippen molar-refractivity contribution >= 4 is 57.3 Å². The molecule has 3 aromatic rings.